The lowest BCUT2D eigenvalue weighted by molar-refractivity contribution is -0.149. The summed E-state index contributed by atoms with van der Waals surface area (Å²) in [5.74, 6) is -0.0109. The summed E-state index contributed by atoms with van der Waals surface area (Å²) in [7, 11) is 0. The molecule has 2 aromatic rings. The number of hydrogen-bond donors (Lipinski definition) is 2. The Morgan fingerprint density at radius 3 is 3.04 bits per heavy atom. The molecule has 0 bridgehead atoms. The minimum Gasteiger partial charge on any atom is -0.481 e. The van der Waals surface area contributed by atoms with E-state index in [4.69, 9.17) is 0 Å². The van der Waals surface area contributed by atoms with Crippen LogP contribution in [0.3, 0.4) is 0 Å². The number of carbonyl (C=O) groups excluding carboxylic acids is 1. The quantitative estimate of drug-likeness (QED) is 0.809. The topological polar surface area (TPSA) is 87.5 Å². The molecular weight excluding hydrogens is 352 g/mol. The van der Waals surface area contributed by atoms with Gasteiger partial charge >= 0.3 is 5.97 Å². The molecule has 1 aliphatic heterocycles. The second kappa shape index (κ2) is 6.85. The Kier molecular flexibility index (Phi) is 4.54. The highest BCUT2D eigenvalue weighted by molar-refractivity contribution is 7.09. The third kappa shape index (κ3) is 3.14. The lowest BCUT2D eigenvalue weighted by Gasteiger charge is -2.23. The summed E-state index contributed by atoms with van der Waals surface area (Å²) in [6.07, 6.45) is 4.30. The predicted molar refractivity (Wildman–Crippen MR) is 98.1 cm³/mol. The summed E-state index contributed by atoms with van der Waals surface area (Å²) in [5.41, 5.74) is -0.652. The molecule has 138 valence electrons. The Bertz CT molecular complexity index is 803. The number of rotatable bonds is 6. The lowest BCUT2D eigenvalue weighted by atomic mass is 9.81. The van der Waals surface area contributed by atoms with Gasteiger partial charge in [0.25, 0.3) is 0 Å². The van der Waals surface area contributed by atoms with E-state index >= 15 is 0 Å². The van der Waals surface area contributed by atoms with E-state index in [1.807, 2.05) is 22.4 Å². The maximum atomic E-state index is 12.5. The number of likely N-dealkylation sites (tertiary alicyclic amines) is 1. The normalized spacial score (nSPS) is 25.3. The van der Waals surface area contributed by atoms with Crippen LogP contribution >= 0.6 is 11.3 Å². The number of amides is 1. The second-order valence-corrected chi connectivity index (χ2v) is 8.25. The Morgan fingerprint density at radius 1 is 1.42 bits per heavy atom. The highest BCUT2D eigenvalue weighted by atomic mass is 32.1. The third-order valence-electron chi connectivity index (χ3n) is 5.60. The van der Waals surface area contributed by atoms with Crippen LogP contribution in [0, 0.1) is 11.3 Å². The SMILES string of the molecule is O=C(CN1C[C@@H]2CCC[C@@]2(C(=O)O)C1)Nc1ccnn1Cc1cccs1. The van der Waals surface area contributed by atoms with Gasteiger partial charge in [0.2, 0.25) is 5.91 Å². The molecule has 1 amide bonds. The molecule has 1 saturated carbocycles. The molecule has 4 rings (SSSR count). The smallest absolute Gasteiger partial charge is 0.311 e. The number of thiophene rings is 1. The highest BCUT2D eigenvalue weighted by Gasteiger charge is 2.54. The van der Waals surface area contributed by atoms with E-state index in [-0.39, 0.29) is 18.4 Å². The second-order valence-electron chi connectivity index (χ2n) is 7.22. The van der Waals surface area contributed by atoms with Gasteiger partial charge in [-0.2, -0.15) is 5.10 Å². The average Bonchev–Trinajstić information content (AvgIpc) is 3.33. The molecule has 1 saturated heterocycles. The van der Waals surface area contributed by atoms with E-state index < -0.39 is 11.4 Å². The zero-order valence-electron chi connectivity index (χ0n) is 14.4. The lowest BCUT2D eigenvalue weighted by Crippen LogP contribution is -2.37. The van der Waals surface area contributed by atoms with Crippen molar-refractivity contribution in [1.29, 1.82) is 0 Å². The van der Waals surface area contributed by atoms with Crippen LogP contribution in [0.15, 0.2) is 29.8 Å². The van der Waals surface area contributed by atoms with Crippen LogP contribution in [0.4, 0.5) is 5.82 Å². The first kappa shape index (κ1) is 17.2. The van der Waals surface area contributed by atoms with Crippen molar-refractivity contribution >= 4 is 29.0 Å². The van der Waals surface area contributed by atoms with E-state index in [0.29, 0.717) is 25.5 Å². The summed E-state index contributed by atoms with van der Waals surface area (Å²) < 4.78 is 1.77. The van der Waals surface area contributed by atoms with Gasteiger partial charge in [0.05, 0.1) is 24.7 Å². The number of aliphatic carboxylic acids is 1. The maximum absolute atomic E-state index is 12.5. The van der Waals surface area contributed by atoms with Crippen molar-refractivity contribution in [1.82, 2.24) is 14.7 Å². The van der Waals surface area contributed by atoms with Crippen molar-refractivity contribution in [3.8, 4) is 0 Å². The standard InChI is InChI=1S/C18H22N4O3S/c23-16(11-21-9-13-3-1-6-18(13,12-21)17(24)25)20-15-5-7-19-22(15)10-14-4-2-8-26-14/h2,4-5,7-8,13H,1,3,6,9-12H2,(H,20,23)(H,24,25)/t13-,18+/m0/s1. The van der Waals surface area contributed by atoms with Crippen molar-refractivity contribution in [3.63, 3.8) is 0 Å². The van der Waals surface area contributed by atoms with Gasteiger partial charge in [-0.3, -0.25) is 14.5 Å². The van der Waals surface area contributed by atoms with E-state index in [9.17, 15) is 14.7 Å². The molecule has 3 heterocycles. The first-order chi connectivity index (χ1) is 12.6. The Hall–Kier alpha value is -2.19. The molecule has 2 aliphatic rings. The molecule has 0 spiro atoms. The van der Waals surface area contributed by atoms with Crippen molar-refractivity contribution < 1.29 is 14.7 Å². The minimum atomic E-state index is -0.711. The van der Waals surface area contributed by atoms with Crippen LogP contribution in [0.1, 0.15) is 24.1 Å². The zero-order chi connectivity index (χ0) is 18.1. The number of nitrogens with one attached hydrogen (secondary N) is 1. The number of carbonyl (C=O) groups is 2. The number of nitrogens with zero attached hydrogens (tertiary/aromatic N) is 3. The van der Waals surface area contributed by atoms with Gasteiger partial charge in [-0.15, -0.1) is 11.3 Å². The number of hydrogen-bond acceptors (Lipinski definition) is 5. The van der Waals surface area contributed by atoms with Gasteiger partial charge in [0.1, 0.15) is 5.82 Å². The van der Waals surface area contributed by atoms with Crippen LogP contribution in [-0.2, 0) is 16.1 Å². The van der Waals surface area contributed by atoms with Crippen LogP contribution in [0.5, 0.6) is 0 Å². The van der Waals surface area contributed by atoms with Crippen molar-refractivity contribution in [2.45, 2.75) is 25.8 Å². The van der Waals surface area contributed by atoms with Crippen LogP contribution in [0.25, 0.3) is 0 Å². The monoisotopic (exact) mass is 374 g/mol. The molecule has 26 heavy (non-hydrogen) atoms. The third-order valence-corrected chi connectivity index (χ3v) is 6.47. The molecule has 0 unspecified atom stereocenters. The van der Waals surface area contributed by atoms with Crippen molar-refractivity contribution in [2.24, 2.45) is 11.3 Å². The van der Waals surface area contributed by atoms with Gasteiger partial charge in [0, 0.05) is 24.0 Å². The number of anilines is 1. The molecule has 2 aromatic heterocycles. The first-order valence-electron chi connectivity index (χ1n) is 8.87. The molecular formula is C18H22N4O3S. The van der Waals surface area contributed by atoms with Gasteiger partial charge in [-0.05, 0) is 30.2 Å². The van der Waals surface area contributed by atoms with E-state index in [1.165, 1.54) is 4.88 Å². The van der Waals surface area contributed by atoms with Crippen LogP contribution < -0.4 is 5.32 Å². The number of carboxylic acid groups (broad SMARTS) is 1. The molecule has 2 fully saturated rings. The fraction of sp³-hybridized carbons (Fsp3) is 0.500. The Morgan fingerprint density at radius 2 is 2.31 bits per heavy atom. The molecule has 2 N–H and O–H groups in total. The first-order valence-corrected chi connectivity index (χ1v) is 9.74. The van der Waals surface area contributed by atoms with E-state index in [2.05, 4.69) is 10.4 Å². The van der Waals surface area contributed by atoms with Crippen LogP contribution in [0.2, 0.25) is 0 Å². The fourth-order valence-corrected chi connectivity index (χ4v) is 5.05. The molecule has 8 heteroatoms. The van der Waals surface area contributed by atoms with E-state index in [1.54, 1.807) is 28.3 Å². The minimum absolute atomic E-state index is 0.126. The fourth-order valence-electron chi connectivity index (χ4n) is 4.36. The summed E-state index contributed by atoms with van der Waals surface area (Å²) in [6.45, 7) is 1.99. The molecule has 2 atom stereocenters. The van der Waals surface area contributed by atoms with Crippen LogP contribution in [-0.4, -0.2) is 51.3 Å². The van der Waals surface area contributed by atoms with Gasteiger partial charge in [0.15, 0.2) is 0 Å². The number of aromatic nitrogens is 2. The molecule has 0 aromatic carbocycles. The predicted octanol–water partition coefficient (Wildman–Crippen LogP) is 2.12. The summed E-state index contributed by atoms with van der Waals surface area (Å²) in [5, 5.41) is 18.9. The maximum Gasteiger partial charge on any atom is 0.311 e. The Balaban J connectivity index is 1.37. The van der Waals surface area contributed by atoms with Gasteiger partial charge < -0.3 is 10.4 Å². The largest absolute Gasteiger partial charge is 0.481 e. The summed E-state index contributed by atoms with van der Waals surface area (Å²) in [6, 6.07) is 5.81. The average molecular weight is 374 g/mol. The van der Waals surface area contributed by atoms with E-state index in [0.717, 1.165) is 19.3 Å². The highest BCUT2D eigenvalue weighted by Crippen LogP contribution is 2.48. The van der Waals surface area contributed by atoms with Crippen molar-refractivity contribution in [2.75, 3.05) is 25.0 Å². The van der Waals surface area contributed by atoms with Gasteiger partial charge in [-0.1, -0.05) is 12.5 Å². The number of fused-ring (bicyclic) bond motifs is 1. The summed E-state index contributed by atoms with van der Waals surface area (Å²) >= 11 is 1.65. The molecule has 7 nitrogen and oxygen atoms in total. The zero-order valence-corrected chi connectivity index (χ0v) is 15.2. The molecule has 0 radical (unpaired) electrons. The Labute approximate surface area is 155 Å². The summed E-state index contributed by atoms with van der Waals surface area (Å²) in [4.78, 5) is 27.4. The number of carboxylic acids is 1. The van der Waals surface area contributed by atoms with Crippen molar-refractivity contribution in [3.05, 3.63) is 34.7 Å². The molecule has 1 aliphatic carbocycles. The van der Waals surface area contributed by atoms with Gasteiger partial charge in [-0.25, -0.2) is 4.68 Å².